The van der Waals surface area contributed by atoms with E-state index in [9.17, 15) is 19.8 Å². The summed E-state index contributed by atoms with van der Waals surface area (Å²) in [4.78, 5) is 24.6. The largest absolute Gasteiger partial charge is 0.460 e. The Morgan fingerprint density at radius 1 is 0.773 bits per heavy atom. The molecule has 1 aliphatic carbocycles. The summed E-state index contributed by atoms with van der Waals surface area (Å²) in [6, 6.07) is 0. The molecule has 6 heteroatoms. The summed E-state index contributed by atoms with van der Waals surface area (Å²) in [5.74, 6) is -2.72. The van der Waals surface area contributed by atoms with Gasteiger partial charge in [-0.2, -0.15) is 0 Å². The summed E-state index contributed by atoms with van der Waals surface area (Å²) in [7, 11) is 0. The van der Waals surface area contributed by atoms with Crippen LogP contribution in [-0.4, -0.2) is 45.6 Å². The molecular weight excluding hydrogens is 288 g/mol. The third-order valence-electron chi connectivity index (χ3n) is 3.34. The second kappa shape index (κ2) is 6.54. The zero-order chi connectivity index (χ0) is 17.3. The Morgan fingerprint density at radius 3 is 1.27 bits per heavy atom. The molecule has 1 aliphatic rings. The zero-order valence-electron chi connectivity index (χ0n) is 14.3. The molecule has 128 valence electrons. The fraction of sp³-hybridized carbons (Fsp3) is 0.875. The van der Waals surface area contributed by atoms with Crippen LogP contribution in [0.4, 0.5) is 0 Å². The molecule has 0 aromatic rings. The minimum absolute atomic E-state index is 0.0139. The van der Waals surface area contributed by atoms with E-state index in [-0.39, 0.29) is 12.8 Å². The summed E-state index contributed by atoms with van der Waals surface area (Å²) in [6.45, 7) is 10.4. The van der Waals surface area contributed by atoms with E-state index in [2.05, 4.69) is 0 Å². The Hall–Kier alpha value is -1.14. The number of aliphatic hydroxyl groups excluding tert-OH is 2. The van der Waals surface area contributed by atoms with Gasteiger partial charge in [-0.25, -0.2) is 0 Å². The van der Waals surface area contributed by atoms with Crippen molar-refractivity contribution in [2.45, 2.75) is 77.8 Å². The number of esters is 2. The van der Waals surface area contributed by atoms with Crippen molar-refractivity contribution in [2.24, 2.45) is 11.8 Å². The second-order valence-electron chi connectivity index (χ2n) is 7.89. The van der Waals surface area contributed by atoms with Crippen LogP contribution in [0.15, 0.2) is 0 Å². The van der Waals surface area contributed by atoms with E-state index in [0.717, 1.165) is 0 Å². The molecule has 4 atom stereocenters. The highest BCUT2D eigenvalue weighted by Gasteiger charge is 2.46. The highest BCUT2D eigenvalue weighted by atomic mass is 16.6. The average molecular weight is 316 g/mol. The molecule has 0 radical (unpaired) electrons. The van der Waals surface area contributed by atoms with Crippen molar-refractivity contribution < 1.29 is 29.3 Å². The van der Waals surface area contributed by atoms with Gasteiger partial charge in [0.15, 0.2) is 0 Å². The Labute approximate surface area is 131 Å². The van der Waals surface area contributed by atoms with Gasteiger partial charge in [-0.05, 0) is 54.4 Å². The van der Waals surface area contributed by atoms with Gasteiger partial charge in [-0.1, -0.05) is 0 Å². The van der Waals surface area contributed by atoms with Crippen LogP contribution in [0.2, 0.25) is 0 Å². The number of hydrogen-bond acceptors (Lipinski definition) is 6. The van der Waals surface area contributed by atoms with Crippen molar-refractivity contribution >= 4 is 11.9 Å². The molecule has 0 aromatic heterocycles. The molecule has 0 heterocycles. The van der Waals surface area contributed by atoms with Gasteiger partial charge in [0.25, 0.3) is 0 Å². The smallest absolute Gasteiger partial charge is 0.310 e. The normalized spacial score (nSPS) is 29.8. The molecule has 1 saturated carbocycles. The predicted octanol–water partition coefficient (Wildman–Crippen LogP) is 1.42. The van der Waals surface area contributed by atoms with Crippen LogP contribution in [0.3, 0.4) is 0 Å². The highest BCUT2D eigenvalue weighted by Crippen LogP contribution is 2.34. The lowest BCUT2D eigenvalue weighted by Gasteiger charge is -2.36. The molecule has 1 fully saturated rings. The van der Waals surface area contributed by atoms with Crippen LogP contribution in [-0.2, 0) is 19.1 Å². The van der Waals surface area contributed by atoms with Crippen molar-refractivity contribution in [2.75, 3.05) is 0 Å². The van der Waals surface area contributed by atoms with Gasteiger partial charge in [-0.3, -0.25) is 9.59 Å². The Morgan fingerprint density at radius 2 is 1.05 bits per heavy atom. The van der Waals surface area contributed by atoms with Gasteiger partial charge in [-0.15, -0.1) is 0 Å². The fourth-order valence-corrected chi connectivity index (χ4v) is 2.44. The van der Waals surface area contributed by atoms with E-state index in [1.54, 1.807) is 41.5 Å². The van der Waals surface area contributed by atoms with E-state index >= 15 is 0 Å². The number of aliphatic hydroxyl groups is 2. The zero-order valence-corrected chi connectivity index (χ0v) is 14.3. The first-order valence-corrected chi connectivity index (χ1v) is 7.62. The average Bonchev–Trinajstić information content (AvgIpc) is 2.27. The number of carbonyl (C=O) groups excluding carboxylic acids is 2. The molecule has 0 aliphatic heterocycles. The lowest BCUT2D eigenvalue weighted by atomic mass is 9.76. The SMILES string of the molecule is CC(C)(C)OC(=O)[C@H]1C[C@@H](O)[C@H](O)C[C@@H]1C(=O)OC(C)(C)C. The molecule has 6 nitrogen and oxygen atoms in total. The van der Waals surface area contributed by atoms with Crippen LogP contribution in [0.25, 0.3) is 0 Å². The topological polar surface area (TPSA) is 93.1 Å². The number of hydrogen-bond donors (Lipinski definition) is 2. The van der Waals surface area contributed by atoms with Gasteiger partial charge < -0.3 is 19.7 Å². The fourth-order valence-electron chi connectivity index (χ4n) is 2.44. The molecule has 1 rings (SSSR count). The Balaban J connectivity index is 2.93. The van der Waals surface area contributed by atoms with Gasteiger partial charge >= 0.3 is 11.9 Å². The molecule has 0 spiro atoms. The molecule has 0 saturated heterocycles. The molecule has 22 heavy (non-hydrogen) atoms. The van der Waals surface area contributed by atoms with Crippen molar-refractivity contribution in [1.29, 1.82) is 0 Å². The maximum absolute atomic E-state index is 12.3. The van der Waals surface area contributed by atoms with Crippen molar-refractivity contribution in [3.05, 3.63) is 0 Å². The van der Waals surface area contributed by atoms with Gasteiger partial charge in [0, 0.05) is 0 Å². The maximum atomic E-state index is 12.3. The van der Waals surface area contributed by atoms with Crippen molar-refractivity contribution in [3.8, 4) is 0 Å². The summed E-state index contributed by atoms with van der Waals surface area (Å²) >= 11 is 0. The Kier molecular flexibility index (Phi) is 5.62. The number of ether oxygens (including phenoxy) is 2. The van der Waals surface area contributed by atoms with Crippen LogP contribution in [0.1, 0.15) is 54.4 Å². The molecule has 0 aromatic carbocycles. The quantitative estimate of drug-likeness (QED) is 0.748. The van der Waals surface area contributed by atoms with Crippen LogP contribution < -0.4 is 0 Å². The summed E-state index contributed by atoms with van der Waals surface area (Å²) in [6.07, 6.45) is -2.12. The first kappa shape index (κ1) is 18.9. The van der Waals surface area contributed by atoms with Crippen LogP contribution in [0.5, 0.6) is 0 Å². The molecule has 0 unspecified atom stereocenters. The van der Waals surface area contributed by atoms with E-state index in [4.69, 9.17) is 9.47 Å². The van der Waals surface area contributed by atoms with Gasteiger partial charge in [0.2, 0.25) is 0 Å². The molecular formula is C16H28O6. The predicted molar refractivity (Wildman–Crippen MR) is 79.9 cm³/mol. The standard InChI is InChI=1S/C16H28O6/c1-15(2,3)21-13(19)9-7-11(17)12(18)8-10(9)14(20)22-16(4,5)6/h9-12,17-18H,7-8H2,1-6H3/t9-,10-,11+,12+/m0/s1. The monoisotopic (exact) mass is 316 g/mol. The van der Waals surface area contributed by atoms with E-state index in [1.165, 1.54) is 0 Å². The van der Waals surface area contributed by atoms with Gasteiger partial charge in [0.1, 0.15) is 11.2 Å². The minimum Gasteiger partial charge on any atom is -0.460 e. The third-order valence-corrected chi connectivity index (χ3v) is 3.34. The first-order chi connectivity index (χ1) is 9.80. The Bertz CT molecular complexity index is 377. The van der Waals surface area contributed by atoms with E-state index < -0.39 is 47.2 Å². The van der Waals surface area contributed by atoms with Crippen molar-refractivity contribution in [3.63, 3.8) is 0 Å². The summed E-state index contributed by atoms with van der Waals surface area (Å²) in [5, 5.41) is 19.6. The van der Waals surface area contributed by atoms with Crippen LogP contribution >= 0.6 is 0 Å². The second-order valence-corrected chi connectivity index (χ2v) is 7.89. The van der Waals surface area contributed by atoms with Gasteiger partial charge in [0.05, 0.1) is 24.0 Å². The van der Waals surface area contributed by atoms with E-state index in [0.29, 0.717) is 0 Å². The highest BCUT2D eigenvalue weighted by molar-refractivity contribution is 5.83. The lowest BCUT2D eigenvalue weighted by molar-refractivity contribution is -0.181. The molecule has 2 N–H and O–H groups in total. The molecule has 0 amide bonds. The van der Waals surface area contributed by atoms with Crippen LogP contribution in [0, 0.1) is 11.8 Å². The minimum atomic E-state index is -1.05. The molecule has 0 bridgehead atoms. The number of carbonyl (C=O) groups is 2. The summed E-state index contributed by atoms with van der Waals surface area (Å²) < 4.78 is 10.7. The summed E-state index contributed by atoms with van der Waals surface area (Å²) in [5.41, 5.74) is -1.37. The van der Waals surface area contributed by atoms with E-state index in [1.807, 2.05) is 0 Å². The van der Waals surface area contributed by atoms with Crippen molar-refractivity contribution in [1.82, 2.24) is 0 Å². The third kappa shape index (κ3) is 5.57. The first-order valence-electron chi connectivity index (χ1n) is 7.62. The number of rotatable bonds is 2. The maximum Gasteiger partial charge on any atom is 0.310 e. The lowest BCUT2D eigenvalue weighted by Crippen LogP contribution is -2.47.